The fraction of sp³-hybridized carbons (Fsp3) is 0.250. The van der Waals surface area contributed by atoms with Crippen molar-refractivity contribution in [3.8, 4) is 0 Å². The molecule has 0 aliphatic rings. The third-order valence-electron chi connectivity index (χ3n) is 3.83. The monoisotopic (exact) mass is 337 g/mol. The van der Waals surface area contributed by atoms with Crippen molar-refractivity contribution < 1.29 is 0 Å². The van der Waals surface area contributed by atoms with Gasteiger partial charge in [-0.05, 0) is 24.2 Å². The second-order valence-electron chi connectivity index (χ2n) is 5.63. The molecule has 0 unspecified atom stereocenters. The van der Waals surface area contributed by atoms with Crippen LogP contribution in [-0.2, 0) is 13.0 Å². The van der Waals surface area contributed by atoms with E-state index in [1.165, 1.54) is 11.3 Å². The van der Waals surface area contributed by atoms with E-state index in [0.717, 1.165) is 36.9 Å². The highest BCUT2D eigenvalue weighted by atomic mass is 32.1. The van der Waals surface area contributed by atoms with Gasteiger partial charge in [-0.2, -0.15) is 0 Å². The number of hydrogen-bond donors (Lipinski definition) is 1. The van der Waals surface area contributed by atoms with E-state index in [2.05, 4.69) is 77.1 Å². The number of thiazole rings is 1. The third-order valence-corrected chi connectivity index (χ3v) is 4.74. The molecule has 1 heterocycles. The number of rotatable bonds is 8. The molecule has 0 amide bonds. The highest BCUT2D eigenvalue weighted by molar-refractivity contribution is 7.13. The second kappa shape index (κ2) is 8.62. The summed E-state index contributed by atoms with van der Waals surface area (Å²) < 4.78 is 0. The molecule has 3 aromatic rings. The number of aromatic nitrogens is 1. The number of para-hydroxylation sites is 1. The molecule has 24 heavy (non-hydrogen) atoms. The van der Waals surface area contributed by atoms with Crippen LogP contribution in [0.4, 0.5) is 10.8 Å². The summed E-state index contributed by atoms with van der Waals surface area (Å²) in [4.78, 5) is 7.15. The highest BCUT2D eigenvalue weighted by Gasteiger charge is 2.14. The van der Waals surface area contributed by atoms with Gasteiger partial charge in [0.05, 0.1) is 12.2 Å². The first-order valence-electron chi connectivity index (χ1n) is 8.38. The Balaban J connectivity index is 1.82. The van der Waals surface area contributed by atoms with E-state index in [1.54, 1.807) is 11.3 Å². The minimum absolute atomic E-state index is 0.824. The van der Waals surface area contributed by atoms with Crippen molar-refractivity contribution in [2.45, 2.75) is 19.9 Å². The van der Waals surface area contributed by atoms with E-state index in [9.17, 15) is 0 Å². The summed E-state index contributed by atoms with van der Waals surface area (Å²) in [6, 6.07) is 21.0. The quantitative estimate of drug-likeness (QED) is 0.607. The Morgan fingerprint density at radius 2 is 1.71 bits per heavy atom. The maximum absolute atomic E-state index is 4.86. The third kappa shape index (κ3) is 4.43. The molecular weight excluding hydrogens is 314 g/mol. The van der Waals surface area contributed by atoms with Crippen LogP contribution in [-0.4, -0.2) is 18.1 Å². The van der Waals surface area contributed by atoms with Crippen LogP contribution < -0.4 is 10.2 Å². The number of anilines is 2. The molecule has 0 spiro atoms. The van der Waals surface area contributed by atoms with Gasteiger partial charge in [-0.15, -0.1) is 11.3 Å². The Kier molecular flexibility index (Phi) is 5.99. The fourth-order valence-corrected chi connectivity index (χ4v) is 3.45. The first-order chi connectivity index (χ1) is 11.9. The van der Waals surface area contributed by atoms with Crippen LogP contribution in [0.3, 0.4) is 0 Å². The van der Waals surface area contributed by atoms with E-state index in [0.29, 0.717) is 0 Å². The lowest BCUT2D eigenvalue weighted by atomic mass is 10.2. The topological polar surface area (TPSA) is 28.2 Å². The lowest BCUT2D eigenvalue weighted by Crippen LogP contribution is -2.17. The van der Waals surface area contributed by atoms with Gasteiger partial charge in [0.1, 0.15) is 0 Å². The van der Waals surface area contributed by atoms with Gasteiger partial charge < -0.3 is 10.2 Å². The van der Waals surface area contributed by atoms with Gasteiger partial charge in [-0.25, -0.2) is 4.98 Å². The molecule has 0 radical (unpaired) electrons. The molecule has 0 bridgehead atoms. The Morgan fingerprint density at radius 3 is 2.42 bits per heavy atom. The van der Waals surface area contributed by atoms with Gasteiger partial charge in [-0.3, -0.25) is 0 Å². The minimum Gasteiger partial charge on any atom is -0.317 e. The van der Waals surface area contributed by atoms with Gasteiger partial charge in [0.15, 0.2) is 5.13 Å². The van der Waals surface area contributed by atoms with Crippen LogP contribution in [0.5, 0.6) is 0 Å². The maximum Gasteiger partial charge on any atom is 0.190 e. The summed E-state index contributed by atoms with van der Waals surface area (Å²) in [6.07, 6.45) is 0.971. The van der Waals surface area contributed by atoms with Crippen LogP contribution in [0.25, 0.3) is 0 Å². The van der Waals surface area contributed by atoms with Crippen molar-refractivity contribution in [1.29, 1.82) is 0 Å². The molecule has 0 aliphatic carbocycles. The summed E-state index contributed by atoms with van der Waals surface area (Å²) >= 11 is 1.72. The molecular formula is C20H23N3S. The van der Waals surface area contributed by atoms with Gasteiger partial charge in [0.2, 0.25) is 0 Å². The lowest BCUT2D eigenvalue weighted by molar-refractivity contribution is 0.709. The summed E-state index contributed by atoms with van der Waals surface area (Å²) in [5, 5.41) is 6.58. The molecule has 4 heteroatoms. The summed E-state index contributed by atoms with van der Waals surface area (Å²) in [7, 11) is 0. The molecule has 2 aromatic carbocycles. The first-order valence-corrected chi connectivity index (χ1v) is 9.26. The first kappa shape index (κ1) is 16.7. The number of hydrogen-bond acceptors (Lipinski definition) is 4. The molecule has 0 aliphatic heterocycles. The predicted molar refractivity (Wildman–Crippen MR) is 103 cm³/mol. The summed E-state index contributed by atoms with van der Waals surface area (Å²) in [5.41, 5.74) is 3.62. The number of likely N-dealkylation sites (N-methyl/N-ethyl adjacent to an activating group) is 1. The van der Waals surface area contributed by atoms with E-state index in [-0.39, 0.29) is 0 Å². The zero-order chi connectivity index (χ0) is 16.6. The molecule has 0 saturated heterocycles. The zero-order valence-electron chi connectivity index (χ0n) is 14.0. The number of benzene rings is 2. The number of nitrogens with one attached hydrogen (secondary N) is 1. The van der Waals surface area contributed by atoms with Crippen LogP contribution in [0.1, 0.15) is 18.2 Å². The SMILES string of the molecule is CCNCCc1csc(N(Cc2ccccc2)c2ccccc2)n1. The van der Waals surface area contributed by atoms with Crippen LogP contribution in [0.15, 0.2) is 66.0 Å². The average Bonchev–Trinajstić information content (AvgIpc) is 3.10. The van der Waals surface area contributed by atoms with Crippen molar-refractivity contribution in [3.63, 3.8) is 0 Å². The van der Waals surface area contributed by atoms with Gasteiger partial charge in [0.25, 0.3) is 0 Å². The number of nitrogens with zero attached hydrogens (tertiary/aromatic N) is 2. The van der Waals surface area contributed by atoms with Crippen molar-refractivity contribution in [2.75, 3.05) is 18.0 Å². The molecule has 1 N–H and O–H groups in total. The molecule has 1 aromatic heterocycles. The van der Waals surface area contributed by atoms with Crippen LogP contribution in [0.2, 0.25) is 0 Å². The Hall–Kier alpha value is -2.17. The van der Waals surface area contributed by atoms with Crippen LogP contribution >= 0.6 is 11.3 Å². The highest BCUT2D eigenvalue weighted by Crippen LogP contribution is 2.30. The Labute approximate surface area is 148 Å². The zero-order valence-corrected chi connectivity index (χ0v) is 14.8. The normalized spacial score (nSPS) is 10.7. The van der Waals surface area contributed by atoms with Crippen molar-refractivity contribution in [1.82, 2.24) is 10.3 Å². The molecule has 0 saturated carbocycles. The van der Waals surface area contributed by atoms with E-state index >= 15 is 0 Å². The minimum atomic E-state index is 0.824. The van der Waals surface area contributed by atoms with Crippen molar-refractivity contribution in [2.24, 2.45) is 0 Å². The summed E-state index contributed by atoms with van der Waals surface area (Å²) in [6.45, 7) is 4.93. The van der Waals surface area contributed by atoms with Gasteiger partial charge in [-0.1, -0.05) is 55.5 Å². The van der Waals surface area contributed by atoms with Crippen molar-refractivity contribution in [3.05, 3.63) is 77.3 Å². The molecule has 3 rings (SSSR count). The van der Waals surface area contributed by atoms with E-state index < -0.39 is 0 Å². The van der Waals surface area contributed by atoms with E-state index in [1.807, 2.05) is 6.07 Å². The van der Waals surface area contributed by atoms with Crippen LogP contribution in [0, 0.1) is 0 Å². The van der Waals surface area contributed by atoms with Gasteiger partial charge >= 0.3 is 0 Å². The van der Waals surface area contributed by atoms with Gasteiger partial charge in [0, 0.05) is 24.0 Å². The maximum atomic E-state index is 4.86. The molecule has 124 valence electrons. The standard InChI is InChI=1S/C20H23N3S/c1-2-21-14-13-18-16-24-20(22-18)23(19-11-7-4-8-12-19)15-17-9-5-3-6-10-17/h3-12,16,21H,2,13-15H2,1H3. The van der Waals surface area contributed by atoms with Crippen molar-refractivity contribution >= 4 is 22.2 Å². The average molecular weight is 337 g/mol. The largest absolute Gasteiger partial charge is 0.317 e. The smallest absolute Gasteiger partial charge is 0.190 e. The Bertz CT molecular complexity index is 725. The summed E-state index contributed by atoms with van der Waals surface area (Å²) in [5.74, 6) is 0. The fourth-order valence-electron chi connectivity index (χ4n) is 2.57. The second-order valence-corrected chi connectivity index (χ2v) is 6.47. The molecule has 3 nitrogen and oxygen atoms in total. The molecule has 0 fully saturated rings. The predicted octanol–water partition coefficient (Wildman–Crippen LogP) is 4.63. The molecule has 0 atom stereocenters. The van der Waals surface area contributed by atoms with E-state index in [4.69, 9.17) is 4.98 Å². The lowest BCUT2D eigenvalue weighted by Gasteiger charge is -2.22. The Morgan fingerprint density at radius 1 is 1.00 bits per heavy atom.